The van der Waals surface area contributed by atoms with E-state index in [4.69, 9.17) is 0 Å². The summed E-state index contributed by atoms with van der Waals surface area (Å²) in [6.45, 7) is 8.70. The van der Waals surface area contributed by atoms with Crippen molar-refractivity contribution < 1.29 is 9.59 Å². The molecular formula is C11H17N3O2. The number of amides is 2. The van der Waals surface area contributed by atoms with Crippen LogP contribution in [0.5, 0.6) is 0 Å². The minimum atomic E-state index is -0.349. The number of hydrogen-bond acceptors (Lipinski definition) is 3. The van der Waals surface area contributed by atoms with E-state index in [1.807, 2.05) is 0 Å². The van der Waals surface area contributed by atoms with E-state index in [2.05, 4.69) is 23.8 Å². The molecule has 2 amide bonds. The zero-order valence-electron chi connectivity index (χ0n) is 9.24. The third-order valence-electron chi connectivity index (χ3n) is 2.32. The predicted molar refractivity (Wildman–Crippen MR) is 61.8 cm³/mol. The molecule has 0 aliphatic carbocycles. The summed E-state index contributed by atoms with van der Waals surface area (Å²) in [6.07, 6.45) is 3.34. The maximum absolute atomic E-state index is 12.0. The molecule has 16 heavy (non-hydrogen) atoms. The second kappa shape index (κ2) is 6.07. The SMILES string of the molecule is C=CCN(CC=C)C(=O)C1CNC(=O)CN1. The van der Waals surface area contributed by atoms with E-state index in [9.17, 15) is 9.59 Å². The number of piperazine rings is 1. The summed E-state index contributed by atoms with van der Waals surface area (Å²) >= 11 is 0. The lowest BCUT2D eigenvalue weighted by Gasteiger charge is -2.28. The highest BCUT2D eigenvalue weighted by atomic mass is 16.2. The number of nitrogens with zero attached hydrogens (tertiary/aromatic N) is 1. The van der Waals surface area contributed by atoms with Crippen molar-refractivity contribution in [2.75, 3.05) is 26.2 Å². The van der Waals surface area contributed by atoms with Crippen LogP contribution in [0.4, 0.5) is 0 Å². The van der Waals surface area contributed by atoms with Gasteiger partial charge in [-0.1, -0.05) is 12.2 Å². The highest BCUT2D eigenvalue weighted by molar-refractivity contribution is 5.87. The average Bonchev–Trinajstić information content (AvgIpc) is 2.29. The van der Waals surface area contributed by atoms with Gasteiger partial charge in [-0.2, -0.15) is 0 Å². The summed E-state index contributed by atoms with van der Waals surface area (Å²) in [7, 11) is 0. The Kier molecular flexibility index (Phi) is 4.72. The van der Waals surface area contributed by atoms with Crippen molar-refractivity contribution in [3.8, 4) is 0 Å². The number of carbonyl (C=O) groups excluding carboxylic acids is 2. The van der Waals surface area contributed by atoms with Crippen LogP contribution in [-0.2, 0) is 9.59 Å². The molecule has 0 bridgehead atoms. The van der Waals surface area contributed by atoms with Crippen molar-refractivity contribution in [1.29, 1.82) is 0 Å². The molecule has 0 aromatic rings. The van der Waals surface area contributed by atoms with Crippen LogP contribution in [0.15, 0.2) is 25.3 Å². The summed E-state index contributed by atoms with van der Waals surface area (Å²) in [5.41, 5.74) is 0. The third-order valence-corrected chi connectivity index (χ3v) is 2.32. The van der Waals surface area contributed by atoms with Gasteiger partial charge in [0, 0.05) is 19.6 Å². The minimum absolute atomic E-state index is 0.0419. The molecule has 1 fully saturated rings. The molecule has 5 heteroatoms. The van der Waals surface area contributed by atoms with Crippen molar-refractivity contribution in [3.63, 3.8) is 0 Å². The van der Waals surface area contributed by atoms with E-state index >= 15 is 0 Å². The fourth-order valence-corrected chi connectivity index (χ4v) is 1.53. The molecule has 1 aliphatic rings. The fourth-order valence-electron chi connectivity index (χ4n) is 1.53. The van der Waals surface area contributed by atoms with E-state index < -0.39 is 0 Å². The maximum Gasteiger partial charge on any atom is 0.242 e. The molecule has 2 N–H and O–H groups in total. The fraction of sp³-hybridized carbons (Fsp3) is 0.455. The van der Waals surface area contributed by atoms with E-state index in [1.54, 1.807) is 17.1 Å². The van der Waals surface area contributed by atoms with Crippen molar-refractivity contribution in [2.24, 2.45) is 0 Å². The largest absolute Gasteiger partial charge is 0.353 e. The van der Waals surface area contributed by atoms with Gasteiger partial charge in [-0.15, -0.1) is 13.2 Å². The lowest BCUT2D eigenvalue weighted by Crippen LogP contribution is -2.58. The van der Waals surface area contributed by atoms with Crippen LogP contribution >= 0.6 is 0 Å². The van der Waals surface area contributed by atoms with Crippen molar-refractivity contribution in [3.05, 3.63) is 25.3 Å². The van der Waals surface area contributed by atoms with Crippen LogP contribution in [0.3, 0.4) is 0 Å². The van der Waals surface area contributed by atoms with Crippen LogP contribution in [-0.4, -0.2) is 48.9 Å². The van der Waals surface area contributed by atoms with Gasteiger partial charge in [0.15, 0.2) is 0 Å². The molecular weight excluding hydrogens is 206 g/mol. The summed E-state index contributed by atoms with van der Waals surface area (Å²) in [5.74, 6) is -0.122. The van der Waals surface area contributed by atoms with Gasteiger partial charge in [0.1, 0.15) is 6.04 Å². The maximum atomic E-state index is 12.0. The monoisotopic (exact) mass is 223 g/mol. The van der Waals surface area contributed by atoms with E-state index in [0.717, 1.165) is 0 Å². The quantitative estimate of drug-likeness (QED) is 0.604. The third kappa shape index (κ3) is 3.20. The van der Waals surface area contributed by atoms with Crippen molar-refractivity contribution in [1.82, 2.24) is 15.5 Å². The first kappa shape index (κ1) is 12.4. The number of carbonyl (C=O) groups is 2. The zero-order chi connectivity index (χ0) is 12.0. The molecule has 1 atom stereocenters. The Morgan fingerprint density at radius 3 is 2.50 bits per heavy atom. The molecule has 1 unspecified atom stereocenters. The van der Waals surface area contributed by atoms with Crippen molar-refractivity contribution >= 4 is 11.8 Å². The Morgan fingerprint density at radius 1 is 1.44 bits per heavy atom. The molecule has 1 rings (SSSR count). The first-order valence-electron chi connectivity index (χ1n) is 5.19. The van der Waals surface area contributed by atoms with E-state index in [1.165, 1.54) is 0 Å². The molecule has 0 aromatic heterocycles. The second-order valence-corrected chi connectivity index (χ2v) is 3.56. The Labute approximate surface area is 95.2 Å². The minimum Gasteiger partial charge on any atom is -0.353 e. The van der Waals surface area contributed by atoms with Gasteiger partial charge in [-0.3, -0.25) is 14.9 Å². The van der Waals surface area contributed by atoms with E-state index in [0.29, 0.717) is 19.6 Å². The first-order valence-corrected chi connectivity index (χ1v) is 5.19. The van der Waals surface area contributed by atoms with Crippen LogP contribution in [0.25, 0.3) is 0 Å². The van der Waals surface area contributed by atoms with Gasteiger partial charge < -0.3 is 10.2 Å². The lowest BCUT2D eigenvalue weighted by molar-refractivity contribution is -0.133. The number of rotatable bonds is 5. The molecule has 1 aliphatic heterocycles. The van der Waals surface area contributed by atoms with Gasteiger partial charge in [0.2, 0.25) is 11.8 Å². The Morgan fingerprint density at radius 2 is 2.06 bits per heavy atom. The van der Waals surface area contributed by atoms with Gasteiger partial charge in [-0.05, 0) is 0 Å². The highest BCUT2D eigenvalue weighted by Crippen LogP contribution is 1.98. The van der Waals surface area contributed by atoms with Crippen molar-refractivity contribution in [2.45, 2.75) is 6.04 Å². The van der Waals surface area contributed by atoms with Crippen LogP contribution in [0, 0.1) is 0 Å². The standard InChI is InChI=1S/C11H17N3O2/c1-3-5-14(6-4-2)11(16)9-7-13-10(15)8-12-9/h3-4,9,12H,1-2,5-8H2,(H,13,15). The molecule has 1 saturated heterocycles. The molecule has 0 aromatic carbocycles. The lowest BCUT2D eigenvalue weighted by atomic mass is 10.2. The summed E-state index contributed by atoms with van der Waals surface area (Å²) in [4.78, 5) is 24.6. The van der Waals surface area contributed by atoms with Gasteiger partial charge in [0.05, 0.1) is 6.54 Å². The summed E-state index contributed by atoms with van der Waals surface area (Å²) in [6, 6.07) is -0.349. The predicted octanol–water partition coefficient (Wildman–Crippen LogP) is -0.725. The molecule has 88 valence electrons. The molecule has 5 nitrogen and oxygen atoms in total. The number of nitrogens with one attached hydrogen (secondary N) is 2. The second-order valence-electron chi connectivity index (χ2n) is 3.56. The zero-order valence-corrected chi connectivity index (χ0v) is 9.24. The van der Waals surface area contributed by atoms with Gasteiger partial charge in [-0.25, -0.2) is 0 Å². The molecule has 0 spiro atoms. The normalized spacial score (nSPS) is 19.8. The molecule has 0 saturated carbocycles. The topological polar surface area (TPSA) is 61.4 Å². The summed E-state index contributed by atoms with van der Waals surface area (Å²) in [5, 5.41) is 5.55. The van der Waals surface area contributed by atoms with Gasteiger partial charge in [0.25, 0.3) is 0 Å². The average molecular weight is 223 g/mol. The molecule has 0 radical (unpaired) electrons. The van der Waals surface area contributed by atoms with Crippen LogP contribution < -0.4 is 10.6 Å². The number of hydrogen-bond donors (Lipinski definition) is 2. The smallest absolute Gasteiger partial charge is 0.242 e. The first-order chi connectivity index (χ1) is 7.69. The van der Waals surface area contributed by atoms with Gasteiger partial charge >= 0.3 is 0 Å². The Balaban J connectivity index is 2.55. The van der Waals surface area contributed by atoms with Crippen LogP contribution in [0.1, 0.15) is 0 Å². The Hall–Kier alpha value is -1.62. The van der Waals surface area contributed by atoms with Crippen LogP contribution in [0.2, 0.25) is 0 Å². The van der Waals surface area contributed by atoms with E-state index in [-0.39, 0.29) is 24.4 Å². The highest BCUT2D eigenvalue weighted by Gasteiger charge is 2.26. The Bertz CT molecular complexity index is 282. The summed E-state index contributed by atoms with van der Waals surface area (Å²) < 4.78 is 0. The molecule has 1 heterocycles.